The van der Waals surface area contributed by atoms with E-state index in [1.54, 1.807) is 0 Å². The fraction of sp³-hybridized carbons (Fsp3) is 0.462. The van der Waals surface area contributed by atoms with Gasteiger partial charge in [0.25, 0.3) is 0 Å². The van der Waals surface area contributed by atoms with E-state index < -0.39 is 0 Å². The molecule has 0 saturated carbocycles. The van der Waals surface area contributed by atoms with Gasteiger partial charge in [0.2, 0.25) is 0 Å². The highest BCUT2D eigenvalue weighted by molar-refractivity contribution is 7.99. The van der Waals surface area contributed by atoms with Gasteiger partial charge >= 0.3 is 0 Å². The highest BCUT2D eigenvalue weighted by atomic mass is 32.2. The number of hydrogen-bond acceptors (Lipinski definition) is 4. The van der Waals surface area contributed by atoms with Crippen molar-refractivity contribution in [1.82, 2.24) is 0 Å². The quantitative estimate of drug-likeness (QED) is 0.497. The molecule has 0 atom stereocenters. The molecule has 0 aliphatic heterocycles. The summed E-state index contributed by atoms with van der Waals surface area (Å²) >= 11 is 1.88. The second-order valence-electron chi connectivity index (χ2n) is 3.87. The molecule has 3 nitrogen and oxygen atoms in total. The average Bonchev–Trinajstić information content (AvgIpc) is 2.78. The maximum Gasteiger partial charge on any atom is 0.123 e. The van der Waals surface area contributed by atoms with Gasteiger partial charge in [-0.1, -0.05) is 24.2 Å². The molecule has 0 radical (unpaired) electrons. The molecule has 1 N–H and O–H groups in total. The first-order chi connectivity index (χ1) is 8.36. The number of oxime groups is 1. The van der Waals surface area contributed by atoms with E-state index in [2.05, 4.69) is 12.1 Å². The average molecular weight is 251 g/mol. The lowest BCUT2D eigenvalue weighted by Crippen LogP contribution is -2.03. The Labute approximate surface area is 106 Å². The number of nitrogens with zero attached hydrogens (tertiary/aromatic N) is 1. The van der Waals surface area contributed by atoms with Gasteiger partial charge < -0.3 is 9.94 Å². The molecule has 1 aromatic rings. The van der Waals surface area contributed by atoms with Gasteiger partial charge in [-0.3, -0.25) is 0 Å². The Balaban J connectivity index is 2.07. The van der Waals surface area contributed by atoms with Crippen LogP contribution in [-0.4, -0.2) is 29.0 Å². The summed E-state index contributed by atoms with van der Waals surface area (Å²) in [5, 5.41) is 12.2. The Morgan fingerprint density at radius 3 is 3.06 bits per heavy atom. The standard InChI is InChI=1S/C13H17NO2S/c1-2-17-9-8-16-13-5-3-4-10-11(13)6-7-12(10)14-15/h3-5,15H,2,6-9H2,1H3/b14-12+. The molecule has 0 saturated heterocycles. The van der Waals surface area contributed by atoms with Crippen molar-refractivity contribution in [1.29, 1.82) is 0 Å². The van der Waals surface area contributed by atoms with E-state index in [-0.39, 0.29) is 0 Å². The number of fused-ring (bicyclic) bond motifs is 1. The Bertz CT molecular complexity index is 418. The third-order valence-electron chi connectivity index (χ3n) is 2.87. The summed E-state index contributed by atoms with van der Waals surface area (Å²) in [6, 6.07) is 5.94. The summed E-state index contributed by atoms with van der Waals surface area (Å²) in [4.78, 5) is 0. The lowest BCUT2D eigenvalue weighted by atomic mass is 10.1. The van der Waals surface area contributed by atoms with Crippen LogP contribution in [0.25, 0.3) is 0 Å². The molecule has 0 spiro atoms. The van der Waals surface area contributed by atoms with Crippen LogP contribution in [0.2, 0.25) is 0 Å². The van der Waals surface area contributed by atoms with E-state index >= 15 is 0 Å². The van der Waals surface area contributed by atoms with Crippen LogP contribution in [0.15, 0.2) is 23.4 Å². The van der Waals surface area contributed by atoms with Gasteiger partial charge in [0.1, 0.15) is 5.75 Å². The van der Waals surface area contributed by atoms with Crippen LogP contribution in [0.4, 0.5) is 0 Å². The van der Waals surface area contributed by atoms with Crippen molar-refractivity contribution in [3.05, 3.63) is 29.3 Å². The molecule has 0 heterocycles. The number of ether oxygens (including phenoxy) is 1. The van der Waals surface area contributed by atoms with E-state index in [9.17, 15) is 0 Å². The summed E-state index contributed by atoms with van der Waals surface area (Å²) in [5.74, 6) is 3.08. The van der Waals surface area contributed by atoms with Gasteiger partial charge in [-0.05, 0) is 24.7 Å². The van der Waals surface area contributed by atoms with E-state index in [0.29, 0.717) is 0 Å². The van der Waals surface area contributed by atoms with Crippen molar-refractivity contribution in [2.24, 2.45) is 5.16 Å². The van der Waals surface area contributed by atoms with E-state index in [0.717, 1.165) is 48.0 Å². The predicted octanol–water partition coefficient (Wildman–Crippen LogP) is 2.94. The van der Waals surface area contributed by atoms with Crippen LogP contribution in [0.3, 0.4) is 0 Å². The van der Waals surface area contributed by atoms with Crippen LogP contribution >= 0.6 is 11.8 Å². The van der Waals surface area contributed by atoms with Gasteiger partial charge in [0.15, 0.2) is 0 Å². The van der Waals surface area contributed by atoms with Crippen LogP contribution in [0, 0.1) is 0 Å². The second kappa shape index (κ2) is 5.96. The lowest BCUT2D eigenvalue weighted by Gasteiger charge is -2.09. The van der Waals surface area contributed by atoms with Crippen molar-refractivity contribution in [3.8, 4) is 5.75 Å². The summed E-state index contributed by atoms with van der Waals surface area (Å²) in [7, 11) is 0. The highest BCUT2D eigenvalue weighted by Crippen LogP contribution is 2.30. The first kappa shape index (κ1) is 12.3. The molecule has 0 amide bonds. The van der Waals surface area contributed by atoms with E-state index in [1.165, 1.54) is 5.56 Å². The Morgan fingerprint density at radius 1 is 1.41 bits per heavy atom. The van der Waals surface area contributed by atoms with Gasteiger partial charge in [0, 0.05) is 16.9 Å². The molecular weight excluding hydrogens is 234 g/mol. The van der Waals surface area contributed by atoms with Gasteiger partial charge in [-0.2, -0.15) is 11.8 Å². The van der Waals surface area contributed by atoms with Crippen molar-refractivity contribution in [3.63, 3.8) is 0 Å². The molecule has 0 unspecified atom stereocenters. The largest absolute Gasteiger partial charge is 0.492 e. The normalized spacial score (nSPS) is 16.2. The van der Waals surface area contributed by atoms with Crippen molar-refractivity contribution in [2.75, 3.05) is 18.1 Å². The van der Waals surface area contributed by atoms with Gasteiger partial charge in [-0.15, -0.1) is 0 Å². The fourth-order valence-corrected chi connectivity index (χ4v) is 2.56. The Morgan fingerprint density at radius 2 is 2.29 bits per heavy atom. The molecule has 4 heteroatoms. The zero-order valence-corrected chi connectivity index (χ0v) is 10.8. The van der Waals surface area contributed by atoms with E-state index in [1.807, 2.05) is 30.0 Å². The minimum Gasteiger partial charge on any atom is -0.492 e. The summed E-state index contributed by atoms with van der Waals surface area (Å²) in [6.45, 7) is 2.88. The van der Waals surface area contributed by atoms with Crippen LogP contribution in [0.5, 0.6) is 5.75 Å². The lowest BCUT2D eigenvalue weighted by molar-refractivity contribution is 0.318. The topological polar surface area (TPSA) is 41.8 Å². The van der Waals surface area contributed by atoms with E-state index in [4.69, 9.17) is 9.94 Å². The molecule has 17 heavy (non-hydrogen) atoms. The highest BCUT2D eigenvalue weighted by Gasteiger charge is 2.21. The molecule has 1 aromatic carbocycles. The molecule has 1 aliphatic carbocycles. The minimum atomic E-state index is 0.737. The summed E-state index contributed by atoms with van der Waals surface area (Å²) in [5.41, 5.74) is 2.99. The SMILES string of the molecule is CCSCCOc1cccc2c1CC/C2=N\O. The van der Waals surface area contributed by atoms with Gasteiger partial charge in [-0.25, -0.2) is 0 Å². The monoisotopic (exact) mass is 251 g/mol. The molecule has 0 fully saturated rings. The van der Waals surface area contributed by atoms with Crippen molar-refractivity contribution in [2.45, 2.75) is 19.8 Å². The van der Waals surface area contributed by atoms with Crippen LogP contribution in [0.1, 0.15) is 24.5 Å². The van der Waals surface area contributed by atoms with Crippen molar-refractivity contribution < 1.29 is 9.94 Å². The molecule has 0 bridgehead atoms. The smallest absolute Gasteiger partial charge is 0.123 e. The fourth-order valence-electron chi connectivity index (χ4n) is 2.07. The summed E-state index contributed by atoms with van der Waals surface area (Å²) < 4.78 is 5.79. The molecule has 2 rings (SSSR count). The van der Waals surface area contributed by atoms with Crippen molar-refractivity contribution >= 4 is 17.5 Å². The molecular formula is C13H17NO2S. The number of hydrogen-bond donors (Lipinski definition) is 1. The number of benzene rings is 1. The minimum absolute atomic E-state index is 0.737. The number of rotatable bonds is 5. The molecule has 1 aliphatic rings. The van der Waals surface area contributed by atoms with Gasteiger partial charge in [0.05, 0.1) is 12.3 Å². The third-order valence-corrected chi connectivity index (χ3v) is 3.73. The summed E-state index contributed by atoms with van der Waals surface area (Å²) in [6.07, 6.45) is 1.71. The Hall–Kier alpha value is -1.16. The predicted molar refractivity (Wildman–Crippen MR) is 71.6 cm³/mol. The molecule has 92 valence electrons. The first-order valence-corrected chi connectivity index (χ1v) is 7.06. The third kappa shape index (κ3) is 2.75. The first-order valence-electron chi connectivity index (χ1n) is 5.90. The number of thioether (sulfide) groups is 1. The second-order valence-corrected chi connectivity index (χ2v) is 5.27. The maximum atomic E-state index is 8.89. The Kier molecular flexibility index (Phi) is 4.31. The maximum absolute atomic E-state index is 8.89. The zero-order chi connectivity index (χ0) is 12.1. The van der Waals surface area contributed by atoms with Crippen LogP contribution < -0.4 is 4.74 Å². The zero-order valence-electron chi connectivity index (χ0n) is 9.98. The van der Waals surface area contributed by atoms with Crippen LogP contribution in [-0.2, 0) is 6.42 Å². The molecule has 0 aromatic heterocycles.